The molecule has 10 rings (SSSR count). The van der Waals surface area contributed by atoms with E-state index in [1.54, 1.807) is 25.4 Å². The zero-order valence-corrected chi connectivity index (χ0v) is 42.6. The summed E-state index contributed by atoms with van der Waals surface area (Å²) in [6.45, 7) is 9.46. The summed E-state index contributed by atoms with van der Waals surface area (Å²) in [4.78, 5) is 39.5. The number of anilines is 2. The summed E-state index contributed by atoms with van der Waals surface area (Å²) in [6, 6.07) is 26.7. The van der Waals surface area contributed by atoms with E-state index in [0.717, 1.165) is 81.9 Å². The minimum atomic E-state index is -4.79. The van der Waals surface area contributed by atoms with Gasteiger partial charge in [-0.05, 0) is 96.2 Å². The molecule has 5 heterocycles. The Morgan fingerprint density at radius 1 is 0.959 bits per heavy atom. The average molecular weight is 1030 g/mol. The van der Waals surface area contributed by atoms with E-state index in [1.165, 1.54) is 29.0 Å². The summed E-state index contributed by atoms with van der Waals surface area (Å²) in [5, 5.41) is 15.6. The number of fused-ring (bicyclic) bond motifs is 1. The van der Waals surface area contributed by atoms with Crippen LogP contribution in [0.5, 0.6) is 17.2 Å². The number of nitrogens with zero attached hydrogens (tertiary/aromatic N) is 5. The number of aromatic nitrogens is 2. The van der Waals surface area contributed by atoms with Crippen molar-refractivity contribution in [3.63, 3.8) is 0 Å². The van der Waals surface area contributed by atoms with Crippen LogP contribution in [0.25, 0.3) is 11.0 Å². The number of nitro groups is 1. The number of piperidine rings is 1. The van der Waals surface area contributed by atoms with Crippen LogP contribution >= 0.6 is 0 Å². The lowest BCUT2D eigenvalue weighted by atomic mass is 9.59. The molecule has 4 aromatic carbocycles. The number of benzene rings is 4. The highest BCUT2D eigenvalue weighted by molar-refractivity contribution is 7.90. The molecule has 1 amide bonds. The molecule has 1 aliphatic carbocycles. The summed E-state index contributed by atoms with van der Waals surface area (Å²) >= 11 is 0. The fourth-order valence-electron chi connectivity index (χ4n) is 11.4. The number of pyridine rings is 1. The van der Waals surface area contributed by atoms with Crippen molar-refractivity contribution in [2.75, 3.05) is 69.8 Å². The molecule has 0 unspecified atom stereocenters. The molecule has 3 N–H and O–H groups in total. The van der Waals surface area contributed by atoms with Crippen molar-refractivity contribution in [1.82, 2.24) is 24.5 Å². The fraction of sp³-hybridized carbons (Fsp3) is 0.418. The summed E-state index contributed by atoms with van der Waals surface area (Å²) < 4.78 is 78.3. The largest absolute Gasteiger partial charge is 0.497 e. The molecule has 390 valence electrons. The minimum Gasteiger partial charge on any atom is -0.497 e. The third-order valence-corrected chi connectivity index (χ3v) is 16.9. The smallest absolute Gasteiger partial charge is 0.293 e. The van der Waals surface area contributed by atoms with Gasteiger partial charge in [0.25, 0.3) is 21.6 Å². The Kier molecular flexibility index (Phi) is 14.4. The van der Waals surface area contributed by atoms with E-state index in [-0.39, 0.29) is 66.9 Å². The summed E-state index contributed by atoms with van der Waals surface area (Å²) in [6.07, 6.45) is 7.08. The normalized spacial score (nSPS) is 19.3. The Bertz CT molecular complexity index is 3130. The SMILES string of the molecule is COc1ccc(CN2CCN(C3CC4(CCN(c5cc(Oc6cnc7[nH]ccc7c6)c(C(=O)NS(=O)(=O)c6ccc(NCC7(F)CCOCC7)c([N+](=O)[O-])c6)cc5F)CC4)C3)[C@H](c3ccccc3C(C)C)C2)cc1. The number of halogens is 2. The number of rotatable bonds is 16. The predicted octanol–water partition coefficient (Wildman–Crippen LogP) is 9.89. The second-order valence-corrected chi connectivity index (χ2v) is 22.3. The van der Waals surface area contributed by atoms with E-state index in [0.29, 0.717) is 36.1 Å². The number of alkyl halides is 1. The molecule has 2 aromatic heterocycles. The molecule has 19 heteroatoms. The van der Waals surface area contributed by atoms with Crippen molar-refractivity contribution in [3.05, 3.63) is 142 Å². The second-order valence-electron chi connectivity index (χ2n) is 20.6. The van der Waals surface area contributed by atoms with Crippen LogP contribution in [0.1, 0.15) is 91.4 Å². The maximum Gasteiger partial charge on any atom is 0.293 e. The van der Waals surface area contributed by atoms with Crippen LogP contribution in [-0.2, 0) is 21.3 Å². The number of methoxy groups -OCH3 is 1. The van der Waals surface area contributed by atoms with E-state index in [1.807, 2.05) is 21.8 Å². The van der Waals surface area contributed by atoms with Crippen molar-refractivity contribution >= 4 is 44.0 Å². The van der Waals surface area contributed by atoms with Crippen LogP contribution in [0.4, 0.5) is 25.8 Å². The van der Waals surface area contributed by atoms with E-state index in [4.69, 9.17) is 14.2 Å². The molecule has 4 fully saturated rings. The maximum atomic E-state index is 16.6. The fourth-order valence-corrected chi connectivity index (χ4v) is 12.4. The third kappa shape index (κ3) is 10.8. The second kappa shape index (κ2) is 20.9. The Balaban J connectivity index is 0.851. The van der Waals surface area contributed by atoms with Crippen molar-refractivity contribution < 1.29 is 41.1 Å². The lowest BCUT2D eigenvalue weighted by Gasteiger charge is -2.58. The predicted molar refractivity (Wildman–Crippen MR) is 278 cm³/mol. The number of hydrogen-bond acceptors (Lipinski definition) is 13. The first-order valence-electron chi connectivity index (χ1n) is 25.3. The van der Waals surface area contributed by atoms with Gasteiger partial charge >= 0.3 is 0 Å². The van der Waals surface area contributed by atoms with Gasteiger partial charge in [0, 0.05) is 108 Å². The van der Waals surface area contributed by atoms with Gasteiger partial charge in [-0.15, -0.1) is 0 Å². The molecule has 0 radical (unpaired) electrons. The first-order chi connectivity index (χ1) is 35.6. The van der Waals surface area contributed by atoms with Gasteiger partial charge in [-0.2, -0.15) is 0 Å². The van der Waals surface area contributed by atoms with Crippen LogP contribution in [0, 0.1) is 21.3 Å². The van der Waals surface area contributed by atoms with Gasteiger partial charge < -0.3 is 29.4 Å². The molecular formula is C55H62F2N8O8S. The number of aromatic amines is 1. The van der Waals surface area contributed by atoms with Gasteiger partial charge in [0.05, 0.1) is 34.4 Å². The molecular weight excluding hydrogens is 971 g/mol. The van der Waals surface area contributed by atoms with E-state index in [2.05, 4.69) is 75.3 Å². The first kappa shape index (κ1) is 50.8. The van der Waals surface area contributed by atoms with Gasteiger partial charge in [0.2, 0.25) is 0 Å². The van der Waals surface area contributed by atoms with E-state index < -0.39 is 48.5 Å². The maximum absolute atomic E-state index is 16.6. The van der Waals surface area contributed by atoms with Crippen molar-refractivity contribution in [2.45, 2.75) is 87.5 Å². The number of H-pyrrole nitrogens is 1. The molecule has 1 saturated carbocycles. The molecule has 3 saturated heterocycles. The number of piperazine rings is 1. The number of sulfonamides is 1. The van der Waals surface area contributed by atoms with Gasteiger partial charge in [0.1, 0.15) is 40.1 Å². The highest BCUT2D eigenvalue weighted by Crippen LogP contribution is 2.54. The van der Waals surface area contributed by atoms with Crippen LogP contribution in [0.3, 0.4) is 0 Å². The Labute approximate surface area is 429 Å². The first-order valence-corrected chi connectivity index (χ1v) is 26.8. The van der Waals surface area contributed by atoms with Gasteiger partial charge in [0.15, 0.2) is 0 Å². The minimum absolute atomic E-state index is 0.0920. The third-order valence-electron chi connectivity index (χ3n) is 15.6. The lowest BCUT2D eigenvalue weighted by Crippen LogP contribution is -2.60. The van der Waals surface area contributed by atoms with Crippen LogP contribution in [0.2, 0.25) is 0 Å². The zero-order chi connectivity index (χ0) is 51.8. The van der Waals surface area contributed by atoms with Gasteiger partial charge in [-0.25, -0.2) is 26.9 Å². The van der Waals surface area contributed by atoms with Crippen molar-refractivity contribution in [1.29, 1.82) is 0 Å². The number of nitro benzene ring substituents is 1. The molecule has 0 bridgehead atoms. The summed E-state index contributed by atoms with van der Waals surface area (Å²) in [5.41, 5.74) is 2.07. The number of hydrogen-bond donors (Lipinski definition) is 3. The highest BCUT2D eigenvalue weighted by Gasteiger charge is 2.50. The molecule has 16 nitrogen and oxygen atoms in total. The summed E-state index contributed by atoms with van der Waals surface area (Å²) in [7, 11) is -3.10. The van der Waals surface area contributed by atoms with Crippen LogP contribution in [0.15, 0.2) is 108 Å². The van der Waals surface area contributed by atoms with Crippen molar-refractivity contribution in [3.8, 4) is 17.2 Å². The van der Waals surface area contributed by atoms with Crippen LogP contribution in [-0.4, -0.2) is 110 Å². The van der Waals surface area contributed by atoms with Crippen molar-refractivity contribution in [2.24, 2.45) is 5.41 Å². The molecule has 3 aliphatic heterocycles. The number of carbonyl (C=O) groups excluding carboxylic acids is 1. The standard InChI is InChI=1S/C55H62F2N8O8S/c1-36(2)43-6-4-5-7-44(43)50-34-62(33-37-8-10-40(71-3)11-9-37)22-23-64(50)39-30-54(31-39)15-20-63(21-16-54)48-29-51(73-41-26-38-14-19-58-52(38)59-32-41)45(28-46(48)56)53(66)61-74(69,70)42-12-13-47(49(27-42)65(67)68)60-35-55(57)17-24-72-25-18-55/h4-14,19,26-29,32,36,39,50,60H,15-18,20-25,30-31,33-35H2,1-3H3,(H,58,59)(H,61,66)/t50-/m0/s1. The van der Waals surface area contributed by atoms with E-state index >= 15 is 8.78 Å². The monoisotopic (exact) mass is 1030 g/mol. The average Bonchev–Trinajstić information content (AvgIpc) is 3.86. The molecule has 1 atom stereocenters. The zero-order valence-electron chi connectivity index (χ0n) is 41.8. The van der Waals surface area contributed by atoms with Gasteiger partial charge in [-0.1, -0.05) is 50.2 Å². The number of ether oxygens (including phenoxy) is 3. The number of amides is 1. The summed E-state index contributed by atoms with van der Waals surface area (Å²) in [5.74, 6) is -0.649. The van der Waals surface area contributed by atoms with Gasteiger partial charge in [-0.3, -0.25) is 24.7 Å². The molecule has 4 aliphatic rings. The Morgan fingerprint density at radius 2 is 1.72 bits per heavy atom. The quantitative estimate of drug-likeness (QED) is 0.0615. The Morgan fingerprint density at radius 3 is 2.45 bits per heavy atom. The van der Waals surface area contributed by atoms with Crippen LogP contribution < -0.4 is 24.4 Å². The highest BCUT2D eigenvalue weighted by atomic mass is 32.2. The Hall–Kier alpha value is -6.67. The number of nitrogens with one attached hydrogen (secondary N) is 3. The molecule has 6 aromatic rings. The number of carbonyl (C=O) groups is 1. The topological polar surface area (TPSA) is 184 Å². The molecule has 74 heavy (non-hydrogen) atoms. The lowest BCUT2D eigenvalue weighted by molar-refractivity contribution is -0.384. The molecule has 1 spiro atoms. The van der Waals surface area contributed by atoms with E-state index in [9.17, 15) is 23.3 Å².